The number of thiazole rings is 1. The zero-order chi connectivity index (χ0) is 24.2. The summed E-state index contributed by atoms with van der Waals surface area (Å²) in [6.45, 7) is 6.47. The molecule has 2 aromatic heterocycles. The van der Waals surface area contributed by atoms with Gasteiger partial charge in [0.05, 0.1) is 10.6 Å². The molecular weight excluding hydrogens is 476 g/mol. The second kappa shape index (κ2) is 10.7. The van der Waals surface area contributed by atoms with Crippen molar-refractivity contribution in [3.8, 4) is 0 Å². The number of thioether (sulfide) groups is 1. The third-order valence-electron chi connectivity index (χ3n) is 6.63. The van der Waals surface area contributed by atoms with Gasteiger partial charge in [-0.05, 0) is 42.5 Å². The van der Waals surface area contributed by atoms with Crippen LogP contribution in [0.1, 0.15) is 55.7 Å². The Kier molecular flexibility index (Phi) is 7.29. The molecule has 2 aliphatic heterocycles. The van der Waals surface area contributed by atoms with Gasteiger partial charge in [-0.2, -0.15) is 0 Å². The fourth-order valence-corrected chi connectivity index (χ4v) is 6.40. The van der Waals surface area contributed by atoms with E-state index in [1.807, 2.05) is 39.5 Å². The first-order valence-electron chi connectivity index (χ1n) is 11.9. The SMILES string of the molecule is C=CCSc1ncccc1C(=O)N1CCC(c2nc(C(=O)N3CCc4ccccc4C3)cs2)CC1. The largest absolute Gasteiger partial charge is 0.339 e. The average molecular weight is 505 g/mol. The van der Waals surface area contributed by atoms with E-state index in [4.69, 9.17) is 4.98 Å². The molecule has 0 radical (unpaired) electrons. The molecule has 6 nitrogen and oxygen atoms in total. The van der Waals surface area contributed by atoms with Crippen LogP contribution in [0.5, 0.6) is 0 Å². The zero-order valence-corrected chi connectivity index (χ0v) is 21.2. The summed E-state index contributed by atoms with van der Waals surface area (Å²) in [4.78, 5) is 39.2. The first-order chi connectivity index (χ1) is 17.1. The number of carbonyl (C=O) groups excluding carboxylic acids is 2. The van der Waals surface area contributed by atoms with E-state index in [0.717, 1.165) is 35.8 Å². The van der Waals surface area contributed by atoms with Crippen LogP contribution in [0.15, 0.2) is 65.7 Å². The van der Waals surface area contributed by atoms with E-state index >= 15 is 0 Å². The summed E-state index contributed by atoms with van der Waals surface area (Å²) in [6, 6.07) is 12.0. The second-order valence-electron chi connectivity index (χ2n) is 8.84. The number of benzene rings is 1. The maximum Gasteiger partial charge on any atom is 0.273 e. The highest BCUT2D eigenvalue weighted by Crippen LogP contribution is 2.32. The van der Waals surface area contributed by atoms with E-state index in [1.54, 1.807) is 17.5 Å². The van der Waals surface area contributed by atoms with Crippen molar-refractivity contribution in [1.29, 1.82) is 0 Å². The van der Waals surface area contributed by atoms with Gasteiger partial charge in [-0.15, -0.1) is 29.7 Å². The molecule has 2 amide bonds. The number of pyridine rings is 1. The Bertz CT molecular complexity index is 1230. The van der Waals surface area contributed by atoms with Gasteiger partial charge in [0.25, 0.3) is 11.8 Å². The number of carbonyl (C=O) groups is 2. The van der Waals surface area contributed by atoms with E-state index in [1.165, 1.54) is 22.9 Å². The van der Waals surface area contributed by atoms with Crippen LogP contribution in [0.3, 0.4) is 0 Å². The molecule has 0 spiro atoms. The van der Waals surface area contributed by atoms with Crippen molar-refractivity contribution in [2.75, 3.05) is 25.4 Å². The zero-order valence-electron chi connectivity index (χ0n) is 19.6. The lowest BCUT2D eigenvalue weighted by molar-refractivity contribution is 0.0708. The number of likely N-dealkylation sites (tertiary alicyclic amines) is 1. The maximum absolute atomic E-state index is 13.2. The number of fused-ring (bicyclic) bond motifs is 1. The van der Waals surface area contributed by atoms with Gasteiger partial charge in [0, 0.05) is 49.4 Å². The molecule has 5 rings (SSSR count). The van der Waals surface area contributed by atoms with Crippen LogP contribution in [0.4, 0.5) is 0 Å². The van der Waals surface area contributed by atoms with Gasteiger partial charge in [0.1, 0.15) is 10.7 Å². The van der Waals surface area contributed by atoms with Gasteiger partial charge in [0.15, 0.2) is 0 Å². The molecular formula is C27H28N4O2S2. The first-order valence-corrected chi connectivity index (χ1v) is 13.8. The highest BCUT2D eigenvalue weighted by Gasteiger charge is 2.29. The summed E-state index contributed by atoms with van der Waals surface area (Å²) in [7, 11) is 0. The lowest BCUT2D eigenvalue weighted by atomic mass is 9.97. The van der Waals surface area contributed by atoms with Crippen LogP contribution in [0.25, 0.3) is 0 Å². The smallest absolute Gasteiger partial charge is 0.273 e. The molecule has 180 valence electrons. The minimum absolute atomic E-state index is 0.00995. The fourth-order valence-electron chi connectivity index (χ4n) is 4.71. The molecule has 2 aliphatic rings. The molecule has 1 fully saturated rings. The number of hydrogen-bond acceptors (Lipinski definition) is 6. The first kappa shape index (κ1) is 23.8. The van der Waals surface area contributed by atoms with Crippen molar-refractivity contribution in [3.63, 3.8) is 0 Å². The van der Waals surface area contributed by atoms with Crippen LogP contribution in [-0.2, 0) is 13.0 Å². The van der Waals surface area contributed by atoms with Crippen molar-refractivity contribution in [1.82, 2.24) is 19.8 Å². The van der Waals surface area contributed by atoms with E-state index in [9.17, 15) is 9.59 Å². The molecule has 3 aromatic rings. The summed E-state index contributed by atoms with van der Waals surface area (Å²) in [6.07, 6.45) is 6.11. The molecule has 8 heteroatoms. The Balaban J connectivity index is 1.20. The highest BCUT2D eigenvalue weighted by molar-refractivity contribution is 7.99. The van der Waals surface area contributed by atoms with Crippen LogP contribution < -0.4 is 0 Å². The average Bonchev–Trinajstić information content (AvgIpc) is 3.41. The predicted octanol–water partition coefficient (Wildman–Crippen LogP) is 5.03. The summed E-state index contributed by atoms with van der Waals surface area (Å²) in [5, 5.41) is 3.65. The van der Waals surface area contributed by atoms with Crippen LogP contribution in [0, 0.1) is 0 Å². The number of piperidine rings is 1. The molecule has 1 saturated heterocycles. The Labute approximate surface area is 214 Å². The standard InChI is InChI=1S/C27H28N4O2S2/c1-2-16-34-25-22(8-5-12-28-25)26(32)30-13-10-20(11-14-30)24-29-23(18-35-24)27(33)31-15-9-19-6-3-4-7-21(19)17-31/h2-8,12,18,20H,1,9-11,13-17H2. The Morgan fingerprint density at radius 1 is 1.06 bits per heavy atom. The Morgan fingerprint density at radius 2 is 1.86 bits per heavy atom. The summed E-state index contributed by atoms with van der Waals surface area (Å²) < 4.78 is 0. The molecule has 0 N–H and O–H groups in total. The van der Waals surface area contributed by atoms with Crippen molar-refractivity contribution < 1.29 is 9.59 Å². The van der Waals surface area contributed by atoms with E-state index in [0.29, 0.717) is 36.6 Å². The van der Waals surface area contributed by atoms with E-state index in [2.05, 4.69) is 29.8 Å². The Hall–Kier alpha value is -2.97. The molecule has 0 atom stereocenters. The summed E-state index contributed by atoms with van der Waals surface area (Å²) >= 11 is 3.10. The van der Waals surface area contributed by atoms with Gasteiger partial charge in [-0.25, -0.2) is 9.97 Å². The number of amides is 2. The molecule has 35 heavy (non-hydrogen) atoms. The van der Waals surface area contributed by atoms with Crippen molar-refractivity contribution in [2.45, 2.75) is 36.8 Å². The van der Waals surface area contributed by atoms with Crippen LogP contribution in [0.2, 0.25) is 0 Å². The number of nitrogens with zero attached hydrogens (tertiary/aromatic N) is 4. The molecule has 4 heterocycles. The fraction of sp³-hybridized carbons (Fsp3) is 0.333. The van der Waals surface area contributed by atoms with Crippen molar-refractivity contribution >= 4 is 34.9 Å². The molecule has 0 bridgehead atoms. The number of aromatic nitrogens is 2. The second-order valence-corrected chi connectivity index (χ2v) is 10.7. The third kappa shape index (κ3) is 5.18. The van der Waals surface area contributed by atoms with Crippen LogP contribution >= 0.6 is 23.1 Å². The summed E-state index contributed by atoms with van der Waals surface area (Å²) in [5.74, 6) is 1.03. The Morgan fingerprint density at radius 3 is 2.66 bits per heavy atom. The minimum atomic E-state index is 0.00995. The maximum atomic E-state index is 13.2. The van der Waals surface area contributed by atoms with Crippen molar-refractivity contribution in [3.05, 3.63) is 88.0 Å². The lowest BCUT2D eigenvalue weighted by Crippen LogP contribution is -2.38. The van der Waals surface area contributed by atoms with Gasteiger partial charge < -0.3 is 9.80 Å². The van der Waals surface area contributed by atoms with Crippen LogP contribution in [-0.4, -0.2) is 57.0 Å². The number of rotatable bonds is 6. The molecule has 0 aliphatic carbocycles. The van der Waals surface area contributed by atoms with E-state index < -0.39 is 0 Å². The lowest BCUT2D eigenvalue weighted by Gasteiger charge is -2.31. The molecule has 0 saturated carbocycles. The van der Waals surface area contributed by atoms with Gasteiger partial charge >= 0.3 is 0 Å². The molecule has 1 aromatic carbocycles. The van der Waals surface area contributed by atoms with Gasteiger partial charge in [-0.3, -0.25) is 9.59 Å². The monoisotopic (exact) mass is 504 g/mol. The normalized spacial score (nSPS) is 16.1. The highest BCUT2D eigenvalue weighted by atomic mass is 32.2. The topological polar surface area (TPSA) is 66.4 Å². The third-order valence-corrected chi connectivity index (χ3v) is 8.64. The van der Waals surface area contributed by atoms with Gasteiger partial charge in [0.2, 0.25) is 0 Å². The minimum Gasteiger partial charge on any atom is -0.339 e. The van der Waals surface area contributed by atoms with Gasteiger partial charge in [-0.1, -0.05) is 30.3 Å². The quantitative estimate of drug-likeness (QED) is 0.348. The molecule has 0 unspecified atom stereocenters. The van der Waals surface area contributed by atoms with E-state index in [-0.39, 0.29) is 17.7 Å². The van der Waals surface area contributed by atoms with Crippen molar-refractivity contribution in [2.24, 2.45) is 0 Å². The predicted molar refractivity (Wildman–Crippen MR) is 140 cm³/mol. The summed E-state index contributed by atoms with van der Waals surface area (Å²) in [5.41, 5.74) is 3.75. The number of hydrogen-bond donors (Lipinski definition) is 0.